The van der Waals surface area contributed by atoms with E-state index in [4.69, 9.17) is 0 Å². The molecule has 1 aromatic rings. The number of nitrogens with one attached hydrogen (secondary N) is 1. The van der Waals surface area contributed by atoms with Crippen LogP contribution in [0.4, 0.5) is 0 Å². The Hall–Kier alpha value is -3.17. The number of rotatable bonds is 10. The van der Waals surface area contributed by atoms with Crippen molar-refractivity contribution in [3.8, 4) is 0 Å². The van der Waals surface area contributed by atoms with Crippen molar-refractivity contribution in [1.82, 2.24) is 5.32 Å². The number of Topliss-reactive ketones (excluding diaryl/α,β-unsaturated/α-hetero) is 2. The zero-order valence-electron chi connectivity index (χ0n) is 31.5. The normalized spacial score (nSPS) is 40.2. The Labute approximate surface area is 302 Å². The van der Waals surface area contributed by atoms with Crippen LogP contribution in [-0.2, 0) is 14.4 Å². The fourth-order valence-corrected chi connectivity index (χ4v) is 12.0. The van der Waals surface area contributed by atoms with E-state index in [0.717, 1.165) is 5.56 Å². The molecule has 0 heterocycles. The first-order valence-electron chi connectivity index (χ1n) is 18.8. The van der Waals surface area contributed by atoms with Crippen molar-refractivity contribution in [3.63, 3.8) is 0 Å². The number of carbonyl (C=O) groups is 3. The number of carbonyl (C=O) groups excluding carboxylic acids is 2. The maximum Gasteiger partial charge on any atom is 0.331 e. The summed E-state index contributed by atoms with van der Waals surface area (Å²) >= 11 is 0. The van der Waals surface area contributed by atoms with Gasteiger partial charge in [0.25, 0.3) is 0 Å². The van der Waals surface area contributed by atoms with Crippen molar-refractivity contribution in [2.75, 3.05) is 13.1 Å². The molecule has 0 saturated heterocycles. The number of hydrogen-bond donors (Lipinski definition) is 5. The molecule has 5 aliphatic carbocycles. The second-order valence-corrected chi connectivity index (χ2v) is 17.6. The van der Waals surface area contributed by atoms with Gasteiger partial charge in [-0.25, -0.2) is 4.79 Å². The monoisotopic (exact) mass is 699 g/mol. The van der Waals surface area contributed by atoms with E-state index in [1.165, 1.54) is 13.0 Å². The second kappa shape index (κ2) is 12.5. The molecule has 0 spiro atoms. The minimum atomic E-state index is -1.65. The topological polar surface area (TPSA) is 144 Å². The Bertz CT molecular complexity index is 1740. The first kappa shape index (κ1) is 37.6. The van der Waals surface area contributed by atoms with Gasteiger partial charge in [-0.1, -0.05) is 97.0 Å². The van der Waals surface area contributed by atoms with Crippen LogP contribution in [0.15, 0.2) is 71.4 Å². The van der Waals surface area contributed by atoms with Crippen molar-refractivity contribution in [2.24, 2.45) is 51.2 Å². The standard InChI is InChI=1S/C43H57NO7/c1-9-44-24-28(31(45)21-25(2)37(48)49)26(3)30-22-42(50)19-20-43(51)29(16-15-27-13-11-10-12-14-27)35-38(4,5)33(47)17-18-39(35,6)34-32(46)23-40(30,7)41(42,8)36(34)43/h10-16,19-21,26,28-31,35,44-45,50-51H,9,17-18,22-24H2,1-8H3,(H,48,49)/t26-,28-,29-,30+,31-,35+,39-,40-,41+,42-,43+/m1/s1. The van der Waals surface area contributed by atoms with Crippen LogP contribution in [0.3, 0.4) is 0 Å². The van der Waals surface area contributed by atoms with Crippen LogP contribution in [-0.4, -0.2) is 68.4 Å². The van der Waals surface area contributed by atoms with E-state index < -0.39 is 56.8 Å². The number of carboxylic acids is 1. The zero-order valence-corrected chi connectivity index (χ0v) is 31.5. The van der Waals surface area contributed by atoms with E-state index in [-0.39, 0.29) is 41.3 Å². The number of aliphatic hydroxyl groups is 3. The summed E-state index contributed by atoms with van der Waals surface area (Å²) in [6, 6.07) is 9.86. The minimum absolute atomic E-state index is 0.0475. The van der Waals surface area contributed by atoms with Crippen LogP contribution in [0, 0.1) is 51.2 Å². The molecule has 11 atom stereocenters. The molecule has 0 unspecified atom stereocenters. The predicted molar refractivity (Wildman–Crippen MR) is 197 cm³/mol. The van der Waals surface area contributed by atoms with Crippen LogP contribution in [0.25, 0.3) is 6.08 Å². The molecule has 276 valence electrons. The lowest BCUT2D eigenvalue weighted by atomic mass is 9.36. The number of aliphatic hydroxyl groups excluding tert-OH is 1. The SMILES string of the molecule is CCNC[C@H]([C@@H](C)[C@@H]1C[C@]2(O)C=C[C@@]3(O)C4=C(C(=O)C[C@@]1(C)[C@]42C)[C@@]1(C)CCC(=O)C(C)(C)[C@@H]1[C@H]3C=Cc1ccccc1)[C@H](O)C=C(C)C(=O)O. The Morgan fingerprint density at radius 3 is 2.35 bits per heavy atom. The van der Waals surface area contributed by atoms with Crippen LogP contribution < -0.4 is 5.32 Å². The highest BCUT2D eigenvalue weighted by molar-refractivity contribution is 6.02. The van der Waals surface area contributed by atoms with E-state index in [2.05, 4.69) is 19.2 Å². The van der Waals surface area contributed by atoms with Crippen molar-refractivity contribution in [1.29, 1.82) is 0 Å². The third-order valence-electron chi connectivity index (χ3n) is 14.9. The van der Waals surface area contributed by atoms with E-state index in [0.29, 0.717) is 43.5 Å². The molecule has 6 rings (SSSR count). The molecule has 2 fully saturated rings. The number of aliphatic carboxylic acids is 1. The molecule has 5 N–H and O–H groups in total. The lowest BCUT2D eigenvalue weighted by Crippen LogP contribution is -2.69. The number of allylic oxidation sites excluding steroid dienone is 1. The summed E-state index contributed by atoms with van der Waals surface area (Å²) in [6.45, 7) is 16.7. The number of carboxylic acid groups (broad SMARTS) is 1. The molecular formula is C43H57NO7. The number of hydrogen-bond acceptors (Lipinski definition) is 7. The van der Waals surface area contributed by atoms with Gasteiger partial charge in [0, 0.05) is 58.6 Å². The van der Waals surface area contributed by atoms with E-state index in [9.17, 15) is 30.0 Å². The fourth-order valence-electron chi connectivity index (χ4n) is 12.0. The van der Waals surface area contributed by atoms with Crippen molar-refractivity contribution in [2.45, 2.75) is 98.4 Å². The number of benzene rings is 1. The summed E-state index contributed by atoms with van der Waals surface area (Å²) in [6.07, 6.45) is 9.12. The summed E-state index contributed by atoms with van der Waals surface area (Å²) in [5, 5.41) is 50.8. The Balaban J connectivity index is 1.56. The highest BCUT2D eigenvalue weighted by Gasteiger charge is 2.78. The number of ketones is 2. The summed E-state index contributed by atoms with van der Waals surface area (Å²) in [5.41, 5.74) is -4.34. The van der Waals surface area contributed by atoms with E-state index in [1.807, 2.05) is 77.1 Å². The quantitative estimate of drug-likeness (QED) is 0.149. The maximum atomic E-state index is 15.0. The molecular weight excluding hydrogens is 642 g/mol. The molecule has 0 bridgehead atoms. The summed E-state index contributed by atoms with van der Waals surface area (Å²) in [4.78, 5) is 40.5. The van der Waals surface area contributed by atoms with Crippen molar-refractivity contribution >= 4 is 23.6 Å². The first-order valence-corrected chi connectivity index (χ1v) is 18.8. The van der Waals surface area contributed by atoms with Crippen LogP contribution in [0.5, 0.6) is 0 Å². The molecule has 2 saturated carbocycles. The molecule has 51 heavy (non-hydrogen) atoms. The van der Waals surface area contributed by atoms with Gasteiger partial charge in [-0.05, 0) is 72.8 Å². The van der Waals surface area contributed by atoms with Gasteiger partial charge in [-0.3, -0.25) is 9.59 Å². The highest BCUT2D eigenvalue weighted by atomic mass is 16.4. The maximum absolute atomic E-state index is 15.0. The average Bonchev–Trinajstić information content (AvgIpc) is 3.25. The largest absolute Gasteiger partial charge is 0.478 e. The second-order valence-electron chi connectivity index (χ2n) is 17.6. The highest BCUT2D eigenvalue weighted by Crippen LogP contribution is 2.78. The molecule has 0 aliphatic heterocycles. The van der Waals surface area contributed by atoms with Gasteiger partial charge < -0.3 is 25.7 Å². The smallest absolute Gasteiger partial charge is 0.331 e. The Morgan fingerprint density at radius 2 is 1.73 bits per heavy atom. The van der Waals surface area contributed by atoms with Crippen LogP contribution in [0.2, 0.25) is 0 Å². The summed E-state index contributed by atoms with van der Waals surface area (Å²) < 4.78 is 0. The third-order valence-corrected chi connectivity index (χ3v) is 14.9. The minimum Gasteiger partial charge on any atom is -0.478 e. The van der Waals surface area contributed by atoms with Crippen LogP contribution >= 0.6 is 0 Å². The van der Waals surface area contributed by atoms with Gasteiger partial charge in [-0.15, -0.1) is 0 Å². The van der Waals surface area contributed by atoms with Crippen LogP contribution in [0.1, 0.15) is 86.6 Å². The molecule has 0 radical (unpaired) electrons. The van der Waals surface area contributed by atoms with Crippen molar-refractivity contribution < 1.29 is 34.8 Å². The van der Waals surface area contributed by atoms with Gasteiger partial charge in [0.1, 0.15) is 11.4 Å². The molecule has 0 aromatic heterocycles. The lowest BCUT2D eigenvalue weighted by Gasteiger charge is -2.68. The molecule has 8 nitrogen and oxygen atoms in total. The molecule has 1 aromatic carbocycles. The third kappa shape index (κ3) is 5.18. The van der Waals surface area contributed by atoms with Gasteiger partial charge in [0.15, 0.2) is 5.78 Å². The predicted octanol–water partition coefficient (Wildman–Crippen LogP) is 5.93. The summed E-state index contributed by atoms with van der Waals surface area (Å²) in [5.74, 6) is -2.92. The van der Waals surface area contributed by atoms with E-state index >= 15 is 4.79 Å². The summed E-state index contributed by atoms with van der Waals surface area (Å²) in [7, 11) is 0. The molecule has 8 heteroatoms. The molecule has 5 aliphatic rings. The van der Waals surface area contributed by atoms with Gasteiger partial charge in [0.05, 0.1) is 11.7 Å². The lowest BCUT2D eigenvalue weighted by molar-refractivity contribution is -0.162. The average molecular weight is 700 g/mol. The van der Waals surface area contributed by atoms with Gasteiger partial charge in [-0.2, -0.15) is 0 Å². The van der Waals surface area contributed by atoms with Gasteiger partial charge in [0.2, 0.25) is 0 Å². The molecule has 0 amide bonds. The number of fused-ring (bicyclic) bond motifs is 2. The van der Waals surface area contributed by atoms with E-state index in [1.54, 1.807) is 12.2 Å². The fraction of sp³-hybridized carbons (Fsp3) is 0.605. The Kier molecular flexibility index (Phi) is 9.19. The van der Waals surface area contributed by atoms with Crippen molar-refractivity contribution in [3.05, 3.63) is 76.9 Å². The van der Waals surface area contributed by atoms with Gasteiger partial charge >= 0.3 is 5.97 Å². The zero-order chi connectivity index (χ0) is 37.5. The first-order chi connectivity index (χ1) is 23.7. The Morgan fingerprint density at radius 1 is 1.06 bits per heavy atom.